The number of aliphatic carboxylic acids is 1. The second-order valence-corrected chi connectivity index (χ2v) is 2.53. The molecule has 0 saturated heterocycles. The summed E-state index contributed by atoms with van der Waals surface area (Å²) < 4.78 is 0. The zero-order valence-corrected chi connectivity index (χ0v) is 6.32. The first-order valence-corrected chi connectivity index (χ1v) is 3.50. The Kier molecular flexibility index (Phi) is 2.26. The monoisotopic (exact) mass is 150 g/mol. The van der Waals surface area contributed by atoms with Crippen LogP contribution in [0.2, 0.25) is 0 Å². The highest BCUT2D eigenvalue weighted by molar-refractivity contribution is 5.90. The normalized spacial score (nSPS) is 22.6. The van der Waals surface area contributed by atoms with Crippen LogP contribution in [0.25, 0.3) is 0 Å². The molecule has 1 unspecified atom stereocenters. The van der Waals surface area contributed by atoms with E-state index in [9.17, 15) is 4.79 Å². The minimum Gasteiger partial charge on any atom is -0.478 e. The lowest BCUT2D eigenvalue weighted by molar-refractivity contribution is -0.132. The molecule has 0 radical (unpaired) electrons. The average molecular weight is 150 g/mol. The summed E-state index contributed by atoms with van der Waals surface area (Å²) in [6, 6.07) is 0. The van der Waals surface area contributed by atoms with Gasteiger partial charge in [-0.1, -0.05) is 31.2 Å². The molecule has 0 bridgehead atoms. The lowest BCUT2D eigenvalue weighted by atomic mass is 10.1. The molecule has 58 valence electrons. The molecule has 0 spiro atoms. The molecule has 0 fully saturated rings. The van der Waals surface area contributed by atoms with E-state index in [4.69, 9.17) is 5.11 Å². The Labute approximate surface area is 65.5 Å². The summed E-state index contributed by atoms with van der Waals surface area (Å²) in [4.78, 5) is 10.5. The summed E-state index contributed by atoms with van der Waals surface area (Å²) in [5.74, 6) is -0.553. The quantitative estimate of drug-likeness (QED) is 0.618. The molecule has 1 atom stereocenters. The number of carbonyl (C=O) groups is 1. The van der Waals surface area contributed by atoms with Crippen molar-refractivity contribution in [2.24, 2.45) is 5.92 Å². The topological polar surface area (TPSA) is 37.3 Å². The number of carboxylic acids is 1. The number of allylic oxidation sites excluding steroid dienone is 4. The minimum atomic E-state index is -0.875. The van der Waals surface area contributed by atoms with Crippen LogP contribution < -0.4 is 0 Å². The van der Waals surface area contributed by atoms with Gasteiger partial charge in [-0.3, -0.25) is 0 Å². The predicted molar refractivity (Wildman–Crippen MR) is 43.2 cm³/mol. The molecule has 1 aliphatic carbocycles. The lowest BCUT2D eigenvalue weighted by Crippen LogP contribution is -1.96. The average Bonchev–Trinajstić information content (AvgIpc) is 2.13. The van der Waals surface area contributed by atoms with Crippen molar-refractivity contribution in [1.82, 2.24) is 0 Å². The van der Waals surface area contributed by atoms with Gasteiger partial charge in [-0.05, 0) is 12.0 Å². The van der Waals surface area contributed by atoms with Gasteiger partial charge in [-0.2, -0.15) is 0 Å². The highest BCUT2D eigenvalue weighted by Gasteiger charge is 2.03. The Bertz CT molecular complexity index is 246. The van der Waals surface area contributed by atoms with Gasteiger partial charge >= 0.3 is 5.97 Å². The fourth-order valence-electron chi connectivity index (χ4n) is 0.852. The van der Waals surface area contributed by atoms with Gasteiger partial charge < -0.3 is 5.11 Å². The summed E-state index contributed by atoms with van der Waals surface area (Å²) in [5.41, 5.74) is 0.339. The minimum absolute atomic E-state index is 0.322. The van der Waals surface area contributed by atoms with E-state index in [2.05, 4.69) is 0 Å². The second-order valence-electron chi connectivity index (χ2n) is 2.53. The third kappa shape index (κ3) is 2.08. The molecular weight excluding hydrogens is 140 g/mol. The molecular formula is C9H10O2. The standard InChI is InChI=1S/C9H10O2/c1-7-3-2-4-8(6-5-7)9(10)11/h2-7H,1H3,(H,10,11). The second kappa shape index (κ2) is 3.19. The van der Waals surface area contributed by atoms with Gasteiger partial charge in [-0.25, -0.2) is 4.79 Å². The maximum absolute atomic E-state index is 10.5. The Morgan fingerprint density at radius 1 is 1.55 bits per heavy atom. The molecule has 0 saturated carbocycles. The zero-order valence-electron chi connectivity index (χ0n) is 6.32. The van der Waals surface area contributed by atoms with Gasteiger partial charge in [0, 0.05) is 0 Å². The molecule has 11 heavy (non-hydrogen) atoms. The van der Waals surface area contributed by atoms with Gasteiger partial charge in [0.05, 0.1) is 5.57 Å². The molecule has 1 aliphatic rings. The molecule has 0 aromatic carbocycles. The highest BCUT2D eigenvalue weighted by Crippen LogP contribution is 2.08. The van der Waals surface area contributed by atoms with Crippen LogP contribution in [0.4, 0.5) is 0 Å². The van der Waals surface area contributed by atoms with Gasteiger partial charge in [0.2, 0.25) is 0 Å². The molecule has 0 heterocycles. The third-order valence-electron chi connectivity index (χ3n) is 1.52. The third-order valence-corrected chi connectivity index (χ3v) is 1.52. The van der Waals surface area contributed by atoms with E-state index >= 15 is 0 Å². The molecule has 0 aromatic rings. The smallest absolute Gasteiger partial charge is 0.335 e. The maximum Gasteiger partial charge on any atom is 0.335 e. The molecule has 0 aliphatic heterocycles. The van der Waals surface area contributed by atoms with E-state index in [1.807, 2.05) is 19.1 Å². The van der Waals surface area contributed by atoms with Gasteiger partial charge in [0.15, 0.2) is 0 Å². The molecule has 0 aromatic heterocycles. The van der Waals surface area contributed by atoms with Crippen LogP contribution >= 0.6 is 0 Å². The Morgan fingerprint density at radius 3 is 2.91 bits per heavy atom. The van der Waals surface area contributed by atoms with Crippen molar-refractivity contribution < 1.29 is 9.90 Å². The van der Waals surface area contributed by atoms with Crippen LogP contribution in [0.15, 0.2) is 36.0 Å². The molecule has 2 nitrogen and oxygen atoms in total. The van der Waals surface area contributed by atoms with Crippen LogP contribution in [-0.2, 0) is 4.79 Å². The van der Waals surface area contributed by atoms with Crippen molar-refractivity contribution in [3.8, 4) is 0 Å². The molecule has 1 N–H and O–H groups in total. The fourth-order valence-corrected chi connectivity index (χ4v) is 0.852. The van der Waals surface area contributed by atoms with Crippen LogP contribution in [0.3, 0.4) is 0 Å². The zero-order chi connectivity index (χ0) is 8.27. The van der Waals surface area contributed by atoms with Crippen LogP contribution in [-0.4, -0.2) is 11.1 Å². The van der Waals surface area contributed by atoms with Crippen LogP contribution in [0.5, 0.6) is 0 Å². The van der Waals surface area contributed by atoms with Gasteiger partial charge in [0.1, 0.15) is 0 Å². The van der Waals surface area contributed by atoms with Crippen molar-refractivity contribution in [2.75, 3.05) is 0 Å². The van der Waals surface area contributed by atoms with E-state index in [1.54, 1.807) is 18.2 Å². The van der Waals surface area contributed by atoms with E-state index in [1.165, 1.54) is 0 Å². The first kappa shape index (κ1) is 7.79. The number of hydrogen-bond donors (Lipinski definition) is 1. The summed E-state index contributed by atoms with van der Waals surface area (Å²) in [6.45, 7) is 2.01. The van der Waals surface area contributed by atoms with Crippen molar-refractivity contribution in [1.29, 1.82) is 0 Å². The predicted octanol–water partition coefficient (Wildman–Crippen LogP) is 1.76. The highest BCUT2D eigenvalue weighted by atomic mass is 16.4. The van der Waals surface area contributed by atoms with E-state index in [0.29, 0.717) is 11.5 Å². The number of rotatable bonds is 1. The van der Waals surface area contributed by atoms with Crippen molar-refractivity contribution >= 4 is 5.97 Å². The van der Waals surface area contributed by atoms with Crippen molar-refractivity contribution in [3.05, 3.63) is 36.0 Å². The van der Waals surface area contributed by atoms with Crippen molar-refractivity contribution in [3.63, 3.8) is 0 Å². The first-order chi connectivity index (χ1) is 5.20. The van der Waals surface area contributed by atoms with E-state index in [0.717, 1.165) is 0 Å². The fraction of sp³-hybridized carbons (Fsp3) is 0.222. The summed E-state index contributed by atoms with van der Waals surface area (Å²) in [5, 5.41) is 8.60. The van der Waals surface area contributed by atoms with Gasteiger partial charge in [-0.15, -0.1) is 0 Å². The first-order valence-electron chi connectivity index (χ1n) is 3.50. The van der Waals surface area contributed by atoms with Crippen LogP contribution in [0.1, 0.15) is 6.92 Å². The van der Waals surface area contributed by atoms with Gasteiger partial charge in [0.25, 0.3) is 0 Å². The maximum atomic E-state index is 10.5. The van der Waals surface area contributed by atoms with Crippen LogP contribution in [0, 0.1) is 5.92 Å². The summed E-state index contributed by atoms with van der Waals surface area (Å²) in [6.07, 6.45) is 8.82. The SMILES string of the molecule is CC1C=CC=C(C(=O)O)C=C1. The number of hydrogen-bond acceptors (Lipinski definition) is 1. The lowest BCUT2D eigenvalue weighted by Gasteiger charge is -1.92. The summed E-state index contributed by atoms with van der Waals surface area (Å²) in [7, 11) is 0. The Hall–Kier alpha value is -1.31. The summed E-state index contributed by atoms with van der Waals surface area (Å²) >= 11 is 0. The number of carboxylic acid groups (broad SMARTS) is 1. The Balaban J connectivity index is 2.85. The molecule has 1 rings (SSSR count). The molecule has 2 heteroatoms. The van der Waals surface area contributed by atoms with E-state index in [-0.39, 0.29) is 0 Å². The van der Waals surface area contributed by atoms with E-state index < -0.39 is 5.97 Å². The van der Waals surface area contributed by atoms with Crippen molar-refractivity contribution in [2.45, 2.75) is 6.92 Å². The Morgan fingerprint density at radius 2 is 2.27 bits per heavy atom. The largest absolute Gasteiger partial charge is 0.478 e. The molecule has 0 amide bonds.